The molecule has 0 spiro atoms. The van der Waals surface area contributed by atoms with Crippen LogP contribution in [-0.2, 0) is 0 Å². The lowest BCUT2D eigenvalue weighted by atomic mass is 10.2. The molecule has 1 atom stereocenters. The zero-order valence-corrected chi connectivity index (χ0v) is 11.3. The molecule has 6 heteroatoms. The van der Waals surface area contributed by atoms with Crippen molar-refractivity contribution in [3.8, 4) is 5.75 Å². The molecule has 19 heavy (non-hydrogen) atoms. The summed E-state index contributed by atoms with van der Waals surface area (Å²) >= 11 is 11.6. The Balaban J connectivity index is 2.07. The van der Waals surface area contributed by atoms with E-state index >= 15 is 0 Å². The van der Waals surface area contributed by atoms with Gasteiger partial charge in [0.1, 0.15) is 17.6 Å². The standard InChI is InChI=1S/C13H11Cl2NO3/c14-9-4-8(13(18)10(15)5-9)6-16-7-11(17)12-2-1-3-19-12/h1-6,11,17-18H,7H2. The van der Waals surface area contributed by atoms with Crippen LogP contribution in [0, 0.1) is 0 Å². The average Bonchev–Trinajstić information content (AvgIpc) is 2.88. The van der Waals surface area contributed by atoms with E-state index in [1.807, 2.05) is 0 Å². The Hall–Kier alpha value is -1.49. The first-order valence-electron chi connectivity index (χ1n) is 5.47. The Kier molecular flexibility index (Phi) is 4.47. The van der Waals surface area contributed by atoms with Crippen LogP contribution in [-0.4, -0.2) is 23.0 Å². The summed E-state index contributed by atoms with van der Waals surface area (Å²) in [4.78, 5) is 4.03. The Morgan fingerprint density at radius 1 is 1.37 bits per heavy atom. The van der Waals surface area contributed by atoms with Gasteiger partial charge in [0.15, 0.2) is 0 Å². The second kappa shape index (κ2) is 6.10. The molecule has 2 rings (SSSR count). The summed E-state index contributed by atoms with van der Waals surface area (Å²) in [6, 6.07) is 6.32. The van der Waals surface area contributed by atoms with Crippen molar-refractivity contribution in [3.05, 3.63) is 51.9 Å². The van der Waals surface area contributed by atoms with Gasteiger partial charge in [0.05, 0.1) is 17.8 Å². The molecule has 0 aliphatic heterocycles. The molecule has 0 saturated carbocycles. The van der Waals surface area contributed by atoms with Crippen LogP contribution >= 0.6 is 23.2 Å². The van der Waals surface area contributed by atoms with Gasteiger partial charge < -0.3 is 14.6 Å². The SMILES string of the molecule is Oc1c(Cl)cc(Cl)cc1C=NCC(O)c1ccco1. The first kappa shape index (κ1) is 13.9. The van der Waals surface area contributed by atoms with Crippen LogP contribution in [0.15, 0.2) is 39.9 Å². The molecule has 0 amide bonds. The lowest BCUT2D eigenvalue weighted by Crippen LogP contribution is -2.00. The first-order chi connectivity index (χ1) is 9.08. The Morgan fingerprint density at radius 2 is 2.16 bits per heavy atom. The molecular weight excluding hydrogens is 289 g/mol. The highest BCUT2D eigenvalue weighted by molar-refractivity contribution is 6.36. The van der Waals surface area contributed by atoms with Gasteiger partial charge in [-0.15, -0.1) is 0 Å². The second-order valence-corrected chi connectivity index (χ2v) is 4.69. The van der Waals surface area contributed by atoms with E-state index in [4.69, 9.17) is 27.6 Å². The van der Waals surface area contributed by atoms with E-state index in [0.717, 1.165) is 0 Å². The number of hydrogen-bond acceptors (Lipinski definition) is 4. The lowest BCUT2D eigenvalue weighted by molar-refractivity contribution is 0.159. The number of halogens is 2. The number of hydrogen-bond donors (Lipinski definition) is 2. The molecule has 0 aliphatic rings. The minimum absolute atomic E-state index is 0.0951. The highest BCUT2D eigenvalue weighted by Gasteiger charge is 2.09. The summed E-state index contributed by atoms with van der Waals surface area (Å²) in [7, 11) is 0. The van der Waals surface area contributed by atoms with E-state index in [1.165, 1.54) is 24.6 Å². The van der Waals surface area contributed by atoms with Crippen LogP contribution in [0.3, 0.4) is 0 Å². The molecule has 1 heterocycles. The number of rotatable bonds is 4. The maximum atomic E-state index is 9.74. The van der Waals surface area contributed by atoms with E-state index in [2.05, 4.69) is 4.99 Å². The summed E-state index contributed by atoms with van der Waals surface area (Å²) in [5.41, 5.74) is 0.393. The number of aliphatic imine (C=N–C) groups is 1. The summed E-state index contributed by atoms with van der Waals surface area (Å²) < 4.78 is 5.04. The quantitative estimate of drug-likeness (QED) is 0.850. The van der Waals surface area contributed by atoms with Crippen LogP contribution in [0.4, 0.5) is 0 Å². The largest absolute Gasteiger partial charge is 0.506 e. The number of furan rings is 1. The molecule has 1 unspecified atom stereocenters. The summed E-state index contributed by atoms with van der Waals surface area (Å²) in [6.07, 6.45) is 2.05. The molecule has 1 aromatic heterocycles. The van der Waals surface area contributed by atoms with E-state index in [-0.39, 0.29) is 17.3 Å². The van der Waals surface area contributed by atoms with Crippen molar-refractivity contribution >= 4 is 29.4 Å². The molecule has 1 aromatic carbocycles. The number of phenols is 1. The summed E-state index contributed by atoms with van der Waals surface area (Å²) in [5.74, 6) is 0.341. The maximum Gasteiger partial charge on any atom is 0.143 e. The molecule has 2 aromatic rings. The van der Waals surface area contributed by atoms with Gasteiger partial charge >= 0.3 is 0 Å². The van der Waals surface area contributed by atoms with Crippen LogP contribution in [0.2, 0.25) is 10.0 Å². The van der Waals surface area contributed by atoms with E-state index in [9.17, 15) is 10.2 Å². The van der Waals surface area contributed by atoms with Gasteiger partial charge in [-0.1, -0.05) is 23.2 Å². The van der Waals surface area contributed by atoms with Crippen molar-refractivity contribution in [3.63, 3.8) is 0 Å². The molecule has 0 bridgehead atoms. The minimum Gasteiger partial charge on any atom is -0.506 e. The van der Waals surface area contributed by atoms with Crippen molar-refractivity contribution in [2.75, 3.05) is 6.54 Å². The monoisotopic (exact) mass is 299 g/mol. The fraction of sp³-hybridized carbons (Fsp3) is 0.154. The van der Waals surface area contributed by atoms with Crippen LogP contribution in [0.25, 0.3) is 0 Å². The molecule has 0 fully saturated rings. The van der Waals surface area contributed by atoms with Crippen LogP contribution < -0.4 is 0 Å². The molecule has 4 nitrogen and oxygen atoms in total. The topological polar surface area (TPSA) is 66.0 Å². The third-order valence-corrected chi connectivity index (χ3v) is 2.94. The van der Waals surface area contributed by atoms with Crippen molar-refractivity contribution in [2.24, 2.45) is 4.99 Å². The third kappa shape index (κ3) is 3.50. The highest BCUT2D eigenvalue weighted by Crippen LogP contribution is 2.30. The number of benzene rings is 1. The fourth-order valence-electron chi connectivity index (χ4n) is 1.51. The third-order valence-electron chi connectivity index (χ3n) is 2.44. The van der Waals surface area contributed by atoms with Gasteiger partial charge in [-0.05, 0) is 24.3 Å². The predicted molar refractivity (Wildman–Crippen MR) is 74.3 cm³/mol. The van der Waals surface area contributed by atoms with E-state index in [0.29, 0.717) is 16.3 Å². The van der Waals surface area contributed by atoms with Gasteiger partial charge in [-0.3, -0.25) is 4.99 Å². The normalized spacial score (nSPS) is 13.0. The highest BCUT2D eigenvalue weighted by atomic mass is 35.5. The molecule has 0 saturated heterocycles. The number of nitrogens with zero attached hydrogens (tertiary/aromatic N) is 1. The minimum atomic E-state index is -0.831. The average molecular weight is 300 g/mol. The number of aromatic hydroxyl groups is 1. The molecular formula is C13H11Cl2NO3. The van der Waals surface area contributed by atoms with Gasteiger partial charge in [0.25, 0.3) is 0 Å². The lowest BCUT2D eigenvalue weighted by Gasteiger charge is -2.04. The van der Waals surface area contributed by atoms with Crippen LogP contribution in [0.5, 0.6) is 5.75 Å². The zero-order valence-electron chi connectivity index (χ0n) is 9.75. The maximum absolute atomic E-state index is 9.74. The van der Waals surface area contributed by atoms with E-state index in [1.54, 1.807) is 12.1 Å². The van der Waals surface area contributed by atoms with Gasteiger partial charge in [0, 0.05) is 16.8 Å². The molecule has 100 valence electrons. The van der Waals surface area contributed by atoms with E-state index < -0.39 is 6.10 Å². The molecule has 2 N–H and O–H groups in total. The van der Waals surface area contributed by atoms with Crippen LogP contribution in [0.1, 0.15) is 17.4 Å². The van der Waals surface area contributed by atoms with Gasteiger partial charge in [-0.25, -0.2) is 0 Å². The van der Waals surface area contributed by atoms with Crippen molar-refractivity contribution in [1.29, 1.82) is 0 Å². The van der Waals surface area contributed by atoms with Crippen molar-refractivity contribution in [1.82, 2.24) is 0 Å². The Bertz CT molecular complexity index is 582. The van der Waals surface area contributed by atoms with Gasteiger partial charge in [0.2, 0.25) is 0 Å². The Labute approximate surface area is 119 Å². The first-order valence-corrected chi connectivity index (χ1v) is 6.23. The zero-order chi connectivity index (χ0) is 13.8. The van der Waals surface area contributed by atoms with Gasteiger partial charge in [-0.2, -0.15) is 0 Å². The van der Waals surface area contributed by atoms with Crippen molar-refractivity contribution < 1.29 is 14.6 Å². The predicted octanol–water partition coefficient (Wildman–Crippen LogP) is 3.44. The second-order valence-electron chi connectivity index (χ2n) is 3.85. The summed E-state index contributed by atoms with van der Waals surface area (Å²) in [6.45, 7) is 0.108. The number of aliphatic hydroxyl groups excluding tert-OH is 1. The number of aliphatic hydroxyl groups is 1. The summed E-state index contributed by atoms with van der Waals surface area (Å²) in [5, 5.41) is 20.0. The fourth-order valence-corrected chi connectivity index (χ4v) is 2.02. The Morgan fingerprint density at radius 3 is 2.84 bits per heavy atom. The number of phenolic OH excluding ortho intramolecular Hbond substituents is 1. The van der Waals surface area contributed by atoms with Crippen molar-refractivity contribution in [2.45, 2.75) is 6.10 Å². The molecule has 0 aliphatic carbocycles. The molecule has 0 radical (unpaired) electrons. The smallest absolute Gasteiger partial charge is 0.143 e.